The van der Waals surface area contributed by atoms with Crippen LogP contribution in [-0.2, 0) is 11.3 Å². The first-order valence-electron chi connectivity index (χ1n) is 9.91. The third-order valence-corrected chi connectivity index (χ3v) is 4.62. The number of pyridine rings is 1. The van der Waals surface area contributed by atoms with Gasteiger partial charge in [0.2, 0.25) is 0 Å². The maximum Gasteiger partial charge on any atom is 0.409 e. The average molecular weight is 383 g/mol. The number of amides is 1. The number of ether oxygens (including phenoxy) is 2. The van der Waals surface area contributed by atoms with E-state index in [0.717, 1.165) is 49.7 Å². The molecule has 1 aromatic carbocycles. The minimum Gasteiger partial charge on any atom is -0.455 e. The van der Waals surface area contributed by atoms with Gasteiger partial charge in [0.05, 0.1) is 12.8 Å². The van der Waals surface area contributed by atoms with Crippen LogP contribution in [0.2, 0.25) is 0 Å². The van der Waals surface area contributed by atoms with Crippen molar-refractivity contribution in [3.05, 3.63) is 54.4 Å². The van der Waals surface area contributed by atoms with Crippen molar-refractivity contribution in [3.63, 3.8) is 0 Å². The molecular formula is C22H29N3O3. The molecule has 0 bridgehead atoms. The molecule has 2 heterocycles. The summed E-state index contributed by atoms with van der Waals surface area (Å²) in [5.41, 5.74) is 1.13. The fourth-order valence-electron chi connectivity index (χ4n) is 3.15. The second-order valence-electron chi connectivity index (χ2n) is 7.49. The van der Waals surface area contributed by atoms with E-state index in [1.807, 2.05) is 49.1 Å². The smallest absolute Gasteiger partial charge is 0.409 e. The van der Waals surface area contributed by atoms with E-state index in [0.29, 0.717) is 19.1 Å². The van der Waals surface area contributed by atoms with Crippen LogP contribution in [0.15, 0.2) is 48.8 Å². The Bertz CT molecular complexity index is 752. The van der Waals surface area contributed by atoms with Crippen molar-refractivity contribution in [2.45, 2.75) is 26.8 Å². The topological polar surface area (TPSA) is 54.9 Å². The van der Waals surface area contributed by atoms with E-state index >= 15 is 0 Å². The van der Waals surface area contributed by atoms with Gasteiger partial charge in [-0.2, -0.15) is 0 Å². The number of carbonyl (C=O) groups is 1. The van der Waals surface area contributed by atoms with E-state index in [4.69, 9.17) is 9.47 Å². The monoisotopic (exact) mass is 383 g/mol. The fraction of sp³-hybridized carbons (Fsp3) is 0.455. The molecule has 2 aromatic rings. The molecule has 1 aromatic heterocycles. The minimum atomic E-state index is -0.198. The zero-order chi connectivity index (χ0) is 19.8. The Labute approximate surface area is 167 Å². The predicted octanol–water partition coefficient (Wildman–Crippen LogP) is 4.17. The van der Waals surface area contributed by atoms with Crippen molar-refractivity contribution in [3.8, 4) is 11.5 Å². The molecule has 0 saturated carbocycles. The highest BCUT2D eigenvalue weighted by Gasteiger charge is 2.21. The van der Waals surface area contributed by atoms with E-state index in [9.17, 15) is 4.79 Å². The summed E-state index contributed by atoms with van der Waals surface area (Å²) in [6.45, 7) is 8.52. The van der Waals surface area contributed by atoms with Gasteiger partial charge in [-0.3, -0.25) is 9.88 Å². The summed E-state index contributed by atoms with van der Waals surface area (Å²) in [6, 6.07) is 11.8. The minimum absolute atomic E-state index is 0.198. The summed E-state index contributed by atoms with van der Waals surface area (Å²) in [7, 11) is 0. The number of benzene rings is 1. The third kappa shape index (κ3) is 5.96. The van der Waals surface area contributed by atoms with Crippen molar-refractivity contribution >= 4 is 6.09 Å². The van der Waals surface area contributed by atoms with Gasteiger partial charge < -0.3 is 14.4 Å². The van der Waals surface area contributed by atoms with Gasteiger partial charge in [0.1, 0.15) is 11.5 Å². The lowest BCUT2D eigenvalue weighted by atomic mass is 10.2. The molecule has 28 heavy (non-hydrogen) atoms. The van der Waals surface area contributed by atoms with Crippen LogP contribution in [0.25, 0.3) is 0 Å². The van der Waals surface area contributed by atoms with Crippen LogP contribution in [0.1, 0.15) is 25.8 Å². The van der Waals surface area contributed by atoms with E-state index in [2.05, 4.69) is 16.0 Å². The van der Waals surface area contributed by atoms with E-state index in [1.165, 1.54) is 0 Å². The predicted molar refractivity (Wildman–Crippen MR) is 108 cm³/mol. The molecule has 0 N–H and O–H groups in total. The molecule has 6 nitrogen and oxygen atoms in total. The summed E-state index contributed by atoms with van der Waals surface area (Å²) in [4.78, 5) is 20.5. The molecule has 0 atom stereocenters. The lowest BCUT2D eigenvalue weighted by Gasteiger charge is -2.23. The molecule has 0 aliphatic carbocycles. The molecule has 1 amide bonds. The average Bonchev–Trinajstić information content (AvgIpc) is 2.94. The third-order valence-electron chi connectivity index (χ3n) is 4.62. The van der Waals surface area contributed by atoms with Crippen molar-refractivity contribution < 1.29 is 14.3 Å². The number of carbonyl (C=O) groups excluding carboxylic acids is 1. The standard InChI is InChI=1S/C22H29N3O3/c1-18(2)17-27-22(26)25-12-6-11-24(13-14-25)16-19-7-3-4-9-21(19)28-20-8-5-10-23-15-20/h3-5,7-10,15,18H,6,11-14,16-17H2,1-2H3. The van der Waals surface area contributed by atoms with E-state index in [-0.39, 0.29) is 6.09 Å². The molecule has 1 aliphatic heterocycles. The number of nitrogens with zero attached hydrogens (tertiary/aromatic N) is 3. The highest BCUT2D eigenvalue weighted by Crippen LogP contribution is 2.26. The lowest BCUT2D eigenvalue weighted by molar-refractivity contribution is 0.0930. The Hall–Kier alpha value is -2.60. The summed E-state index contributed by atoms with van der Waals surface area (Å²) in [5, 5.41) is 0. The molecule has 3 rings (SSSR count). The first-order chi connectivity index (χ1) is 13.6. The maximum atomic E-state index is 12.2. The highest BCUT2D eigenvalue weighted by atomic mass is 16.6. The van der Waals surface area contributed by atoms with Crippen molar-refractivity contribution in [2.24, 2.45) is 5.92 Å². The molecule has 150 valence electrons. The zero-order valence-electron chi connectivity index (χ0n) is 16.7. The molecule has 1 fully saturated rings. The van der Waals surface area contributed by atoms with Crippen LogP contribution in [0, 0.1) is 5.92 Å². The van der Waals surface area contributed by atoms with Gasteiger partial charge in [0, 0.05) is 44.5 Å². The molecule has 1 aliphatic rings. The molecule has 0 radical (unpaired) electrons. The quantitative estimate of drug-likeness (QED) is 0.749. The van der Waals surface area contributed by atoms with Crippen molar-refractivity contribution in [1.29, 1.82) is 0 Å². The van der Waals surface area contributed by atoms with E-state index < -0.39 is 0 Å². The Morgan fingerprint density at radius 2 is 1.96 bits per heavy atom. The zero-order valence-corrected chi connectivity index (χ0v) is 16.7. The van der Waals surface area contributed by atoms with Crippen LogP contribution in [0.5, 0.6) is 11.5 Å². The van der Waals surface area contributed by atoms with Crippen molar-refractivity contribution in [2.75, 3.05) is 32.8 Å². The normalized spacial score (nSPS) is 15.3. The first kappa shape index (κ1) is 20.1. The van der Waals surface area contributed by atoms with Crippen LogP contribution < -0.4 is 4.74 Å². The van der Waals surface area contributed by atoms with Crippen LogP contribution in [-0.4, -0.2) is 53.7 Å². The Kier molecular flexibility index (Phi) is 7.25. The van der Waals surface area contributed by atoms with Gasteiger partial charge in [-0.05, 0) is 30.5 Å². The number of hydrogen-bond acceptors (Lipinski definition) is 5. The van der Waals surface area contributed by atoms with Crippen LogP contribution in [0.3, 0.4) is 0 Å². The number of para-hydroxylation sites is 1. The van der Waals surface area contributed by atoms with Gasteiger partial charge in [-0.1, -0.05) is 32.0 Å². The Morgan fingerprint density at radius 3 is 2.75 bits per heavy atom. The van der Waals surface area contributed by atoms with Crippen LogP contribution in [0.4, 0.5) is 4.79 Å². The lowest BCUT2D eigenvalue weighted by Crippen LogP contribution is -2.36. The first-order valence-corrected chi connectivity index (χ1v) is 9.91. The molecule has 0 unspecified atom stereocenters. The summed E-state index contributed by atoms with van der Waals surface area (Å²) < 4.78 is 11.4. The van der Waals surface area contributed by atoms with Crippen LogP contribution >= 0.6 is 0 Å². The molecule has 6 heteroatoms. The highest BCUT2D eigenvalue weighted by molar-refractivity contribution is 5.67. The Morgan fingerprint density at radius 1 is 1.11 bits per heavy atom. The number of hydrogen-bond donors (Lipinski definition) is 0. The maximum absolute atomic E-state index is 12.2. The number of aromatic nitrogens is 1. The van der Waals surface area contributed by atoms with Gasteiger partial charge in [0.15, 0.2) is 0 Å². The van der Waals surface area contributed by atoms with E-state index in [1.54, 1.807) is 12.4 Å². The number of rotatable bonds is 6. The second-order valence-corrected chi connectivity index (χ2v) is 7.49. The summed E-state index contributed by atoms with van der Waals surface area (Å²) >= 11 is 0. The Balaban J connectivity index is 1.58. The van der Waals surface area contributed by atoms with Gasteiger partial charge in [-0.25, -0.2) is 4.79 Å². The SMILES string of the molecule is CC(C)COC(=O)N1CCCN(Cc2ccccc2Oc2cccnc2)CC1. The van der Waals surface area contributed by atoms with Crippen molar-refractivity contribution in [1.82, 2.24) is 14.8 Å². The fourth-order valence-corrected chi connectivity index (χ4v) is 3.15. The molecular weight excluding hydrogens is 354 g/mol. The molecule has 1 saturated heterocycles. The van der Waals surface area contributed by atoms with Gasteiger partial charge in [-0.15, -0.1) is 0 Å². The van der Waals surface area contributed by atoms with Gasteiger partial charge >= 0.3 is 6.09 Å². The molecule has 0 spiro atoms. The largest absolute Gasteiger partial charge is 0.455 e. The van der Waals surface area contributed by atoms with Gasteiger partial charge in [0.25, 0.3) is 0 Å². The summed E-state index contributed by atoms with van der Waals surface area (Å²) in [6.07, 6.45) is 4.18. The summed E-state index contributed by atoms with van der Waals surface area (Å²) in [5.74, 6) is 1.92. The second kappa shape index (κ2) is 10.1.